The smallest absolute Gasteiger partial charge is 0.384 e. The van der Waals surface area contributed by atoms with Crippen molar-refractivity contribution in [2.24, 2.45) is 0 Å². The van der Waals surface area contributed by atoms with Crippen molar-refractivity contribution in [1.29, 1.82) is 0 Å². The highest BCUT2D eigenvalue weighted by atomic mass is 28.3. The average molecular weight is 340 g/mol. The summed E-state index contributed by atoms with van der Waals surface area (Å²) >= 11 is 0. The number of hydrogen-bond donors (Lipinski definition) is 0. The molecule has 0 saturated carbocycles. The Morgan fingerprint density at radius 1 is 1.21 bits per heavy atom. The topological polar surface area (TPSA) is 35.5 Å². The number of benzene rings is 1. The van der Waals surface area contributed by atoms with Gasteiger partial charge >= 0.3 is 5.97 Å². The van der Waals surface area contributed by atoms with Crippen molar-refractivity contribution in [3.05, 3.63) is 47.5 Å². The molecule has 1 atom stereocenters. The Bertz CT molecular complexity index is 692. The highest BCUT2D eigenvalue weighted by Crippen LogP contribution is 2.20. The van der Waals surface area contributed by atoms with Crippen LogP contribution in [-0.2, 0) is 14.3 Å². The minimum absolute atomic E-state index is 0.139. The van der Waals surface area contributed by atoms with Gasteiger partial charge in [0.2, 0.25) is 0 Å². The number of allylic oxidation sites excluding steroid dienone is 1. The number of methoxy groups -OCH3 is 1. The first-order valence-corrected chi connectivity index (χ1v) is 11.3. The van der Waals surface area contributed by atoms with E-state index < -0.39 is 14.0 Å². The quantitative estimate of drug-likeness (QED) is 0.362. The molecule has 1 aromatic carbocycles. The summed E-state index contributed by atoms with van der Waals surface area (Å²) in [5.74, 6) is 7.68. The van der Waals surface area contributed by atoms with E-state index in [1.54, 1.807) is 0 Å². The Hall–Kier alpha value is -2.27. The molecule has 0 bridgehead atoms. The Morgan fingerprint density at radius 2 is 1.88 bits per heavy atom. The van der Waals surface area contributed by atoms with Gasteiger partial charge in [0.15, 0.2) is 0 Å². The van der Waals surface area contributed by atoms with Crippen molar-refractivity contribution in [2.75, 3.05) is 13.7 Å². The van der Waals surface area contributed by atoms with Gasteiger partial charge in [-0.3, -0.25) is 0 Å². The molecule has 3 nitrogen and oxygen atoms in total. The third kappa shape index (κ3) is 8.38. The molecule has 126 valence electrons. The largest absolute Gasteiger partial charge is 0.459 e. The van der Waals surface area contributed by atoms with Gasteiger partial charge in [-0.15, -0.1) is 5.54 Å². The zero-order valence-corrected chi connectivity index (χ0v) is 16.0. The molecule has 0 saturated heterocycles. The maximum Gasteiger partial charge on any atom is 0.384 e. The normalized spacial score (nSPS) is 12.3. The summed E-state index contributed by atoms with van der Waals surface area (Å²) in [4.78, 5) is 11.0. The van der Waals surface area contributed by atoms with E-state index in [1.165, 1.54) is 7.11 Å². The highest BCUT2D eigenvalue weighted by molar-refractivity contribution is 6.83. The van der Waals surface area contributed by atoms with Crippen LogP contribution in [0.4, 0.5) is 0 Å². The van der Waals surface area contributed by atoms with Crippen molar-refractivity contribution in [2.45, 2.75) is 32.7 Å². The lowest BCUT2D eigenvalue weighted by Gasteiger charge is -2.13. The fourth-order valence-electron chi connectivity index (χ4n) is 1.73. The highest BCUT2D eigenvalue weighted by Gasteiger charge is 2.10. The van der Waals surface area contributed by atoms with Gasteiger partial charge in [-0.2, -0.15) is 0 Å². The average Bonchev–Trinajstić information content (AvgIpc) is 2.55. The van der Waals surface area contributed by atoms with Gasteiger partial charge in [0, 0.05) is 5.92 Å². The molecule has 0 aliphatic rings. The van der Waals surface area contributed by atoms with Crippen LogP contribution in [0.15, 0.2) is 42.0 Å². The Balaban J connectivity index is 2.91. The van der Waals surface area contributed by atoms with E-state index in [9.17, 15) is 4.79 Å². The van der Waals surface area contributed by atoms with Crippen LogP contribution >= 0.6 is 0 Å². The standard InChI is InChI=1S/C20H24O3Si/c1-17(13-15-24(3,4)5)16-19(18-10-7-6-8-11-18)23-14-9-12-20(21)22-2/h6-8,10-11,16,19H,14H2,1-5H3/b17-16+. The van der Waals surface area contributed by atoms with Crippen LogP contribution in [0.2, 0.25) is 19.6 Å². The number of ether oxygens (including phenoxy) is 2. The summed E-state index contributed by atoms with van der Waals surface area (Å²) in [5.41, 5.74) is 5.33. The third-order valence-electron chi connectivity index (χ3n) is 2.88. The second-order valence-corrected chi connectivity index (χ2v) is 11.0. The maximum absolute atomic E-state index is 11.0. The predicted octanol–water partition coefficient (Wildman–Crippen LogP) is 3.75. The number of hydrogen-bond acceptors (Lipinski definition) is 3. The molecule has 1 unspecified atom stereocenters. The number of esters is 1. The van der Waals surface area contributed by atoms with E-state index >= 15 is 0 Å². The van der Waals surface area contributed by atoms with E-state index in [1.807, 2.05) is 43.3 Å². The van der Waals surface area contributed by atoms with E-state index in [0.29, 0.717) is 0 Å². The Kier molecular flexibility index (Phi) is 8.05. The summed E-state index contributed by atoms with van der Waals surface area (Å²) in [6.45, 7) is 8.75. The summed E-state index contributed by atoms with van der Waals surface area (Å²) in [6.07, 6.45) is 1.73. The Labute approximate surface area is 146 Å². The molecule has 0 heterocycles. The van der Waals surface area contributed by atoms with Crippen molar-refractivity contribution >= 4 is 14.0 Å². The number of rotatable bonds is 4. The second kappa shape index (κ2) is 9.77. The molecule has 0 aliphatic heterocycles. The molecule has 1 rings (SSSR count). The van der Waals surface area contributed by atoms with Gasteiger partial charge in [-0.05, 0) is 24.1 Å². The molecule has 0 spiro atoms. The molecule has 4 heteroatoms. The Morgan fingerprint density at radius 3 is 2.46 bits per heavy atom. The van der Waals surface area contributed by atoms with Gasteiger partial charge in [0.25, 0.3) is 0 Å². The molecule has 0 fully saturated rings. The summed E-state index contributed by atoms with van der Waals surface area (Å²) in [6, 6.07) is 9.87. The van der Waals surface area contributed by atoms with Crippen LogP contribution in [0.3, 0.4) is 0 Å². The lowest BCUT2D eigenvalue weighted by atomic mass is 10.1. The fourth-order valence-corrected chi connectivity index (χ4v) is 2.30. The van der Waals surface area contributed by atoms with E-state index in [2.05, 4.69) is 47.7 Å². The van der Waals surface area contributed by atoms with Crippen LogP contribution in [0, 0.1) is 23.3 Å². The molecule has 0 N–H and O–H groups in total. The molecule has 0 aromatic heterocycles. The van der Waals surface area contributed by atoms with Crippen LogP contribution in [0.5, 0.6) is 0 Å². The van der Waals surface area contributed by atoms with Gasteiger partial charge in [-0.25, -0.2) is 4.79 Å². The van der Waals surface area contributed by atoms with Crippen molar-refractivity contribution in [3.8, 4) is 23.3 Å². The second-order valence-electron chi connectivity index (χ2n) is 6.29. The zero-order valence-electron chi connectivity index (χ0n) is 15.0. The molecule has 0 amide bonds. The summed E-state index contributed by atoms with van der Waals surface area (Å²) in [7, 11) is -0.115. The first-order valence-electron chi connectivity index (χ1n) is 7.77. The lowest BCUT2D eigenvalue weighted by molar-refractivity contribution is -0.133. The lowest BCUT2D eigenvalue weighted by Crippen LogP contribution is -2.16. The summed E-state index contributed by atoms with van der Waals surface area (Å²) in [5, 5.41) is 0. The number of carbonyl (C=O) groups excluding carboxylic acids is 1. The molecule has 1 aromatic rings. The molecular formula is C20H24O3Si. The maximum atomic E-state index is 11.0. The van der Waals surface area contributed by atoms with Crippen LogP contribution < -0.4 is 0 Å². The predicted molar refractivity (Wildman–Crippen MR) is 99.8 cm³/mol. The third-order valence-corrected chi connectivity index (χ3v) is 3.75. The van der Waals surface area contributed by atoms with E-state index in [4.69, 9.17) is 4.74 Å². The minimum atomic E-state index is -1.41. The van der Waals surface area contributed by atoms with Crippen molar-refractivity contribution < 1.29 is 14.3 Å². The fraction of sp³-hybridized carbons (Fsp3) is 0.350. The van der Waals surface area contributed by atoms with E-state index in [-0.39, 0.29) is 12.7 Å². The molecular weight excluding hydrogens is 316 g/mol. The van der Waals surface area contributed by atoms with E-state index in [0.717, 1.165) is 11.1 Å². The summed E-state index contributed by atoms with van der Waals surface area (Å²) < 4.78 is 10.3. The zero-order chi connectivity index (χ0) is 18.0. The van der Waals surface area contributed by atoms with Gasteiger partial charge in [0.05, 0.1) is 7.11 Å². The van der Waals surface area contributed by atoms with Gasteiger partial charge in [0.1, 0.15) is 20.8 Å². The monoisotopic (exact) mass is 340 g/mol. The first kappa shape index (κ1) is 19.8. The van der Waals surface area contributed by atoms with Crippen molar-refractivity contribution in [3.63, 3.8) is 0 Å². The van der Waals surface area contributed by atoms with Gasteiger partial charge in [-0.1, -0.05) is 61.8 Å². The van der Waals surface area contributed by atoms with Crippen molar-refractivity contribution in [1.82, 2.24) is 0 Å². The first-order chi connectivity index (χ1) is 11.3. The minimum Gasteiger partial charge on any atom is -0.459 e. The molecule has 24 heavy (non-hydrogen) atoms. The molecule has 0 radical (unpaired) electrons. The number of carbonyl (C=O) groups is 1. The van der Waals surface area contributed by atoms with Crippen LogP contribution in [0.25, 0.3) is 0 Å². The SMILES string of the molecule is COC(=O)C#CCOC(/C=C(\C)C#C[Si](C)(C)C)c1ccccc1. The van der Waals surface area contributed by atoms with Gasteiger partial charge < -0.3 is 9.47 Å². The molecule has 0 aliphatic carbocycles. The van der Waals surface area contributed by atoms with Crippen LogP contribution in [-0.4, -0.2) is 27.8 Å². The van der Waals surface area contributed by atoms with Crippen LogP contribution in [0.1, 0.15) is 18.6 Å².